The van der Waals surface area contributed by atoms with E-state index < -0.39 is 0 Å². The Hall–Kier alpha value is -0.720. The van der Waals surface area contributed by atoms with Crippen LogP contribution >= 0.6 is 0 Å². The molecule has 0 radical (unpaired) electrons. The summed E-state index contributed by atoms with van der Waals surface area (Å²) in [6.45, 7) is 84.6. The first-order valence-electron chi connectivity index (χ1n) is 42.9. The van der Waals surface area contributed by atoms with Crippen molar-refractivity contribution < 1.29 is 86.4 Å². The predicted molar refractivity (Wildman–Crippen MR) is 464 cm³/mol. The average molecular weight is 1560 g/mol. The Morgan fingerprint density at radius 2 is 0.486 bits per heavy atom. The number of hydrogen-bond acceptors (Lipinski definition) is 18. The Balaban J connectivity index is -0.0000000921. The van der Waals surface area contributed by atoms with E-state index >= 15 is 0 Å². The lowest BCUT2D eigenvalue weighted by Gasteiger charge is -2.18. The van der Waals surface area contributed by atoms with Gasteiger partial charge in [0.2, 0.25) is 0 Å². The van der Waals surface area contributed by atoms with Crippen molar-refractivity contribution in [2.24, 2.45) is 11.3 Å². The Bertz CT molecular complexity index is 1270. The van der Waals surface area contributed by atoms with Gasteiger partial charge in [-0.1, -0.05) is 107 Å². The molecule has 3 N–H and O–H groups in total. The van der Waals surface area contributed by atoms with Crippen LogP contribution in [0.3, 0.4) is 0 Å². The predicted octanol–water partition coefficient (Wildman–Crippen LogP) is 22.8. The van der Waals surface area contributed by atoms with Crippen molar-refractivity contribution in [1.29, 1.82) is 0 Å². The second kappa shape index (κ2) is 114. The summed E-state index contributed by atoms with van der Waals surface area (Å²) in [6.07, 6.45) is 25.6. The molecule has 18 nitrogen and oxygen atoms in total. The number of aliphatic hydroxyl groups excluding tert-OH is 3. The van der Waals surface area contributed by atoms with E-state index in [0.717, 1.165) is 117 Å². The summed E-state index contributed by atoms with van der Waals surface area (Å²) in [5.41, 5.74) is 0.412. The van der Waals surface area contributed by atoms with Crippen LogP contribution in [0.15, 0.2) is 0 Å². The highest BCUT2D eigenvalue weighted by atomic mass is 16.5. The maximum Gasteiger partial charge on any atom is 0.0703 e. The van der Waals surface area contributed by atoms with Gasteiger partial charge in [0.05, 0.1) is 105 Å². The molecule has 0 amide bonds. The Labute approximate surface area is 671 Å². The van der Waals surface area contributed by atoms with Gasteiger partial charge in [-0.05, 0) is 262 Å². The van der Waals surface area contributed by atoms with E-state index in [9.17, 15) is 0 Å². The standard InChI is InChI=1S/2C9H20O.2C8H18O2.C8H18O.3C7H16O2.2C7H16O.C6H14O2.C6H14O/c1-8(2)10-7-6-9(3,4)5;1-4-5-6-7-8-10-9(2)3;1-8(2)10-7-5-4-6-9-3;1-4-8(5-9)6-10-7(2)3;1-4-5-6-7-9-8(2)3;1-7(2)9-6-4-5-8-3;2*1-6(2)9-5-4-7(3)8;2*1-4-5-6-8-7(2)3;1-6(2)8-5-4-7-3;1-4-5-7-6(2)3/h8H,6-7H2,1-5H3;9H,4-8H2,1-3H3;8H,4-7H2,1-3H3;7-9H,4-6H2,1-3H3;8H,4-7H2,1-3H3;7H,4-6H2,1-3H3;2*6-8H,4-5H2,1-3H3;2*7H,4-6H2,1-3H3;6H,4-5H2,1-3H3;6H,4-5H2,1-3H3/t;;;;;;7-;;;;;/m......1...../s1. The molecule has 0 aromatic rings. The van der Waals surface area contributed by atoms with E-state index in [1.807, 2.05) is 69.2 Å². The summed E-state index contributed by atoms with van der Waals surface area (Å²) in [6, 6.07) is 0. The van der Waals surface area contributed by atoms with Gasteiger partial charge in [-0.3, -0.25) is 0 Å². The van der Waals surface area contributed by atoms with Gasteiger partial charge in [0.25, 0.3) is 0 Å². The van der Waals surface area contributed by atoms with Gasteiger partial charge in [-0.15, -0.1) is 0 Å². The van der Waals surface area contributed by atoms with Gasteiger partial charge in [-0.2, -0.15) is 0 Å². The molecule has 0 bridgehead atoms. The third kappa shape index (κ3) is 215. The van der Waals surface area contributed by atoms with Crippen molar-refractivity contribution in [2.45, 2.75) is 450 Å². The molecule has 666 valence electrons. The molecule has 2 unspecified atom stereocenters. The van der Waals surface area contributed by atoms with E-state index in [1.54, 1.807) is 35.2 Å². The summed E-state index contributed by atoms with van der Waals surface area (Å²) < 4.78 is 77.9. The fraction of sp³-hybridized carbons (Fsp3) is 1.00. The number of methoxy groups -OCH3 is 3. The van der Waals surface area contributed by atoms with Gasteiger partial charge in [-0.25, -0.2) is 0 Å². The summed E-state index contributed by atoms with van der Waals surface area (Å²) in [5.74, 6) is 0.322. The van der Waals surface area contributed by atoms with Crippen molar-refractivity contribution in [1.82, 2.24) is 0 Å². The van der Waals surface area contributed by atoms with Crippen LogP contribution in [0, 0.1) is 11.3 Å². The van der Waals surface area contributed by atoms with E-state index in [1.165, 1.54) is 70.6 Å². The lowest BCUT2D eigenvalue weighted by atomic mass is 9.93. The molecule has 0 aliphatic rings. The maximum absolute atomic E-state index is 8.79. The van der Waals surface area contributed by atoms with Crippen molar-refractivity contribution in [3.05, 3.63) is 0 Å². The Morgan fingerprint density at radius 1 is 0.243 bits per heavy atom. The average Bonchev–Trinajstić information content (AvgIpc) is 1.02. The number of rotatable bonds is 53. The molecule has 0 spiro atoms. The normalized spacial score (nSPS) is 11.7. The van der Waals surface area contributed by atoms with Crippen molar-refractivity contribution in [3.63, 3.8) is 0 Å². The first kappa shape index (κ1) is 133. The third-order valence-electron chi connectivity index (χ3n) is 12.9. The molecule has 3 atom stereocenters. The summed E-state index contributed by atoms with van der Waals surface area (Å²) in [5, 5.41) is 26.3. The monoisotopic (exact) mass is 1560 g/mol. The van der Waals surface area contributed by atoms with E-state index in [-0.39, 0.29) is 37.1 Å². The van der Waals surface area contributed by atoms with E-state index in [2.05, 4.69) is 159 Å². The molecule has 0 heterocycles. The number of hydrogen-bond donors (Lipinski definition) is 3. The minimum Gasteiger partial charge on any atom is -0.396 e. The molecule has 107 heavy (non-hydrogen) atoms. The van der Waals surface area contributed by atoms with E-state index in [0.29, 0.717) is 99.3 Å². The van der Waals surface area contributed by atoms with Crippen LogP contribution in [0.5, 0.6) is 0 Å². The summed E-state index contributed by atoms with van der Waals surface area (Å²) in [4.78, 5) is 0. The van der Waals surface area contributed by atoms with Crippen LogP contribution in [-0.2, 0) is 71.1 Å². The topological polar surface area (TPSA) is 199 Å². The summed E-state index contributed by atoms with van der Waals surface area (Å²) in [7, 11) is 5.10. The zero-order valence-corrected chi connectivity index (χ0v) is 79.4. The first-order valence-corrected chi connectivity index (χ1v) is 42.9. The molecule has 0 saturated carbocycles. The SMILES string of the molecule is CC(C)OCCC(C)(C)C.CC(C)OCC[C@@H](C)O.CC(O)CCOC(C)C.CCC(CO)COC(C)C.CCCCCCOC(C)C.CCCCCOC(C)C.CCCCOC(C)C.CCCCOC(C)C.CCCOC(C)C.COCCCCOC(C)C.COCCCOC(C)C.COCCOC(C)C. The molecule has 0 aromatic heterocycles. The summed E-state index contributed by atoms with van der Waals surface area (Å²) >= 11 is 0. The highest BCUT2D eigenvalue weighted by Gasteiger charge is 2.10. The van der Waals surface area contributed by atoms with Crippen LogP contribution in [0.1, 0.15) is 364 Å². The van der Waals surface area contributed by atoms with Crippen LogP contribution in [0.4, 0.5) is 0 Å². The molecule has 0 aliphatic carbocycles. The Morgan fingerprint density at radius 3 is 0.748 bits per heavy atom. The fourth-order valence-electron chi connectivity index (χ4n) is 6.53. The van der Waals surface area contributed by atoms with Crippen molar-refractivity contribution >= 4 is 0 Å². The molecular weight excluding hydrogens is 1360 g/mol. The first-order chi connectivity index (χ1) is 50.0. The molecule has 0 saturated heterocycles. The second-order valence-corrected chi connectivity index (χ2v) is 31.1. The largest absolute Gasteiger partial charge is 0.396 e. The maximum atomic E-state index is 8.79. The minimum atomic E-state index is -0.233. The lowest BCUT2D eigenvalue weighted by molar-refractivity contribution is 0.0329. The highest BCUT2D eigenvalue weighted by Crippen LogP contribution is 2.18. The zero-order chi connectivity index (χ0) is 85.5. The molecule has 0 aliphatic heterocycles. The smallest absolute Gasteiger partial charge is 0.0703 e. The molecule has 0 fully saturated rings. The van der Waals surface area contributed by atoms with Crippen LogP contribution in [-0.4, -0.2) is 228 Å². The third-order valence-corrected chi connectivity index (χ3v) is 12.9. The van der Waals surface area contributed by atoms with Gasteiger partial charge in [0.1, 0.15) is 0 Å². The number of aliphatic hydroxyl groups is 3. The van der Waals surface area contributed by atoms with Gasteiger partial charge in [0, 0.05) is 113 Å². The quantitative estimate of drug-likeness (QED) is 0.0485. The van der Waals surface area contributed by atoms with Crippen LogP contribution < -0.4 is 0 Å². The van der Waals surface area contributed by atoms with Gasteiger partial charge < -0.3 is 86.4 Å². The molecule has 0 rings (SSSR count). The van der Waals surface area contributed by atoms with Gasteiger partial charge >= 0.3 is 0 Å². The van der Waals surface area contributed by atoms with E-state index in [4.69, 9.17) is 86.4 Å². The van der Waals surface area contributed by atoms with Crippen LogP contribution in [0.2, 0.25) is 0 Å². The lowest BCUT2D eigenvalue weighted by Crippen LogP contribution is -2.16. The molecule has 0 aromatic carbocycles. The molecule has 18 heteroatoms. The van der Waals surface area contributed by atoms with Crippen molar-refractivity contribution in [3.8, 4) is 0 Å². The molecular formula is C89H202O18. The Kier molecular flexibility index (Phi) is 141. The minimum absolute atomic E-state index is 0.233. The second-order valence-electron chi connectivity index (χ2n) is 31.1. The highest BCUT2D eigenvalue weighted by molar-refractivity contribution is 4.60. The van der Waals surface area contributed by atoms with Crippen molar-refractivity contribution in [2.75, 3.05) is 127 Å². The number of unbranched alkanes of at least 4 members (excludes halogenated alkanes) is 8. The van der Waals surface area contributed by atoms with Crippen LogP contribution in [0.25, 0.3) is 0 Å². The van der Waals surface area contributed by atoms with Gasteiger partial charge in [0.15, 0.2) is 0 Å². The fourth-order valence-corrected chi connectivity index (χ4v) is 6.53. The zero-order valence-electron chi connectivity index (χ0n) is 79.4. The number of ether oxygens (including phenoxy) is 15.